The Labute approximate surface area is 107 Å². The summed E-state index contributed by atoms with van der Waals surface area (Å²) in [6.45, 7) is 2.29. The molecule has 0 saturated heterocycles. The molecule has 1 heterocycles. The zero-order valence-electron chi connectivity index (χ0n) is 10.5. The molecule has 0 saturated carbocycles. The maximum absolute atomic E-state index is 9.18. The first-order chi connectivity index (χ1) is 8.85. The van der Waals surface area contributed by atoms with Gasteiger partial charge in [0, 0.05) is 19.2 Å². The van der Waals surface area contributed by atoms with Crippen LogP contribution in [0.15, 0.2) is 18.2 Å². The fraction of sp³-hybridized carbons (Fsp3) is 0.538. The third kappa shape index (κ3) is 3.13. The van der Waals surface area contributed by atoms with Crippen LogP contribution >= 0.6 is 0 Å². The molecule has 0 fully saturated rings. The molecule has 2 N–H and O–H groups in total. The van der Waals surface area contributed by atoms with Crippen molar-refractivity contribution in [1.29, 1.82) is 0 Å². The van der Waals surface area contributed by atoms with E-state index in [1.165, 1.54) is 0 Å². The zero-order chi connectivity index (χ0) is 12.8. The van der Waals surface area contributed by atoms with Crippen LogP contribution in [0.2, 0.25) is 0 Å². The zero-order valence-corrected chi connectivity index (χ0v) is 10.5. The predicted molar refractivity (Wildman–Crippen MR) is 67.0 cm³/mol. The molecule has 2 rings (SSSR count). The summed E-state index contributed by atoms with van der Waals surface area (Å²) in [4.78, 5) is 0. The first kappa shape index (κ1) is 13.1. The molecule has 0 bridgehead atoms. The number of ether oxygens (including phenoxy) is 3. The van der Waals surface area contributed by atoms with Gasteiger partial charge in [0.2, 0.25) is 0 Å². The lowest BCUT2D eigenvalue weighted by Gasteiger charge is -2.22. The van der Waals surface area contributed by atoms with Crippen molar-refractivity contribution in [3.8, 4) is 11.5 Å². The fourth-order valence-corrected chi connectivity index (χ4v) is 1.90. The summed E-state index contributed by atoms with van der Waals surface area (Å²) in [7, 11) is 1.62. The minimum Gasteiger partial charge on any atom is -0.486 e. The highest BCUT2D eigenvalue weighted by Crippen LogP contribution is 2.33. The van der Waals surface area contributed by atoms with Crippen LogP contribution in [0.4, 0.5) is 0 Å². The number of aliphatic hydroxyl groups excluding tert-OH is 1. The lowest BCUT2D eigenvalue weighted by molar-refractivity contribution is 0.127. The van der Waals surface area contributed by atoms with Crippen LogP contribution in [0.3, 0.4) is 0 Å². The van der Waals surface area contributed by atoms with E-state index in [1.54, 1.807) is 7.11 Å². The van der Waals surface area contributed by atoms with Crippen molar-refractivity contribution in [3.05, 3.63) is 23.8 Å². The molecular weight excluding hydrogens is 234 g/mol. The van der Waals surface area contributed by atoms with Gasteiger partial charge in [0.15, 0.2) is 11.5 Å². The van der Waals surface area contributed by atoms with Gasteiger partial charge in [0.05, 0.1) is 19.3 Å². The van der Waals surface area contributed by atoms with Crippen molar-refractivity contribution in [3.63, 3.8) is 0 Å². The van der Waals surface area contributed by atoms with Gasteiger partial charge in [0.1, 0.15) is 13.2 Å². The van der Waals surface area contributed by atoms with E-state index in [0.29, 0.717) is 26.4 Å². The van der Waals surface area contributed by atoms with E-state index in [-0.39, 0.29) is 12.6 Å². The second-order valence-corrected chi connectivity index (χ2v) is 4.16. The SMILES string of the molecule is COCC(CO)NCc1cccc2c1OCCO2. The summed E-state index contributed by atoms with van der Waals surface area (Å²) >= 11 is 0. The number of methoxy groups -OCH3 is 1. The van der Waals surface area contributed by atoms with Crippen molar-refractivity contribution in [2.24, 2.45) is 0 Å². The number of nitrogens with one attached hydrogen (secondary N) is 1. The highest BCUT2D eigenvalue weighted by atomic mass is 16.6. The van der Waals surface area contributed by atoms with Gasteiger partial charge in [-0.2, -0.15) is 0 Å². The molecule has 1 unspecified atom stereocenters. The van der Waals surface area contributed by atoms with E-state index in [1.807, 2.05) is 18.2 Å². The first-order valence-corrected chi connectivity index (χ1v) is 6.06. The fourth-order valence-electron chi connectivity index (χ4n) is 1.90. The van der Waals surface area contributed by atoms with Crippen molar-refractivity contribution in [2.45, 2.75) is 12.6 Å². The second-order valence-electron chi connectivity index (χ2n) is 4.16. The van der Waals surface area contributed by atoms with Crippen LogP contribution in [0.1, 0.15) is 5.56 Å². The highest BCUT2D eigenvalue weighted by Gasteiger charge is 2.16. The van der Waals surface area contributed by atoms with Crippen LogP contribution < -0.4 is 14.8 Å². The minimum atomic E-state index is -0.0737. The van der Waals surface area contributed by atoms with Gasteiger partial charge in [-0.3, -0.25) is 0 Å². The van der Waals surface area contributed by atoms with E-state index < -0.39 is 0 Å². The average Bonchev–Trinajstić information content (AvgIpc) is 2.43. The molecule has 0 amide bonds. The smallest absolute Gasteiger partial charge is 0.165 e. The molecule has 5 heteroatoms. The number of hydrogen-bond donors (Lipinski definition) is 2. The van der Waals surface area contributed by atoms with E-state index in [0.717, 1.165) is 17.1 Å². The molecular formula is C13H19NO4. The highest BCUT2D eigenvalue weighted by molar-refractivity contribution is 5.47. The van der Waals surface area contributed by atoms with Crippen LogP contribution in [-0.2, 0) is 11.3 Å². The lowest BCUT2D eigenvalue weighted by atomic mass is 10.1. The Balaban J connectivity index is 2.00. The monoisotopic (exact) mass is 253 g/mol. The van der Waals surface area contributed by atoms with E-state index >= 15 is 0 Å². The number of hydrogen-bond acceptors (Lipinski definition) is 5. The maximum Gasteiger partial charge on any atom is 0.165 e. The van der Waals surface area contributed by atoms with Crippen molar-refractivity contribution in [2.75, 3.05) is 33.5 Å². The Bertz CT molecular complexity index is 383. The van der Waals surface area contributed by atoms with E-state index in [2.05, 4.69) is 5.32 Å². The summed E-state index contributed by atoms with van der Waals surface area (Å²) in [5, 5.41) is 12.4. The molecule has 1 aliphatic rings. The van der Waals surface area contributed by atoms with Gasteiger partial charge in [-0.05, 0) is 6.07 Å². The molecule has 0 radical (unpaired) electrons. The van der Waals surface area contributed by atoms with E-state index in [9.17, 15) is 5.11 Å². The number of aliphatic hydroxyl groups is 1. The Kier molecular flexibility index (Phi) is 4.81. The van der Waals surface area contributed by atoms with Crippen molar-refractivity contribution < 1.29 is 19.3 Å². The second kappa shape index (κ2) is 6.58. The van der Waals surface area contributed by atoms with Crippen LogP contribution in [-0.4, -0.2) is 44.7 Å². The maximum atomic E-state index is 9.18. The molecule has 1 atom stereocenters. The predicted octanol–water partition coefficient (Wildman–Crippen LogP) is 0.555. The Morgan fingerprint density at radius 1 is 1.39 bits per heavy atom. The summed E-state index contributed by atoms with van der Waals surface area (Å²) in [5.74, 6) is 1.58. The quantitative estimate of drug-likeness (QED) is 0.775. The first-order valence-electron chi connectivity index (χ1n) is 6.06. The third-order valence-electron chi connectivity index (χ3n) is 2.82. The summed E-state index contributed by atoms with van der Waals surface area (Å²) in [6.07, 6.45) is 0. The topological polar surface area (TPSA) is 60.0 Å². The number of benzene rings is 1. The Hall–Kier alpha value is -1.30. The largest absolute Gasteiger partial charge is 0.486 e. The average molecular weight is 253 g/mol. The molecule has 18 heavy (non-hydrogen) atoms. The van der Waals surface area contributed by atoms with Gasteiger partial charge < -0.3 is 24.6 Å². The molecule has 5 nitrogen and oxygen atoms in total. The lowest BCUT2D eigenvalue weighted by Crippen LogP contribution is -2.36. The van der Waals surface area contributed by atoms with Crippen LogP contribution in [0.25, 0.3) is 0 Å². The molecule has 0 aromatic heterocycles. The molecule has 1 aromatic rings. The van der Waals surface area contributed by atoms with Crippen molar-refractivity contribution >= 4 is 0 Å². The van der Waals surface area contributed by atoms with Gasteiger partial charge in [-0.15, -0.1) is 0 Å². The molecule has 100 valence electrons. The van der Waals surface area contributed by atoms with Gasteiger partial charge in [0.25, 0.3) is 0 Å². The number of rotatable bonds is 6. The van der Waals surface area contributed by atoms with Crippen LogP contribution in [0.5, 0.6) is 11.5 Å². The van der Waals surface area contributed by atoms with Crippen LogP contribution in [0, 0.1) is 0 Å². The number of fused-ring (bicyclic) bond motifs is 1. The van der Waals surface area contributed by atoms with Gasteiger partial charge in [-0.1, -0.05) is 12.1 Å². The molecule has 0 spiro atoms. The molecule has 1 aromatic carbocycles. The number of para-hydroxylation sites is 1. The van der Waals surface area contributed by atoms with Gasteiger partial charge >= 0.3 is 0 Å². The normalized spacial score (nSPS) is 15.4. The van der Waals surface area contributed by atoms with Crippen molar-refractivity contribution in [1.82, 2.24) is 5.32 Å². The summed E-state index contributed by atoms with van der Waals surface area (Å²) < 4.78 is 16.2. The van der Waals surface area contributed by atoms with E-state index in [4.69, 9.17) is 14.2 Å². The molecule has 1 aliphatic heterocycles. The minimum absolute atomic E-state index is 0.0419. The summed E-state index contributed by atoms with van der Waals surface area (Å²) in [5.41, 5.74) is 1.03. The summed E-state index contributed by atoms with van der Waals surface area (Å²) in [6, 6.07) is 5.75. The standard InChI is InChI=1S/C13H19NO4/c1-16-9-11(8-15)14-7-10-3-2-4-12-13(10)18-6-5-17-12/h2-4,11,14-15H,5-9H2,1H3. The van der Waals surface area contributed by atoms with Gasteiger partial charge in [-0.25, -0.2) is 0 Å². The molecule has 0 aliphatic carbocycles. The Morgan fingerprint density at radius 2 is 2.22 bits per heavy atom. The third-order valence-corrected chi connectivity index (χ3v) is 2.82. The Morgan fingerprint density at radius 3 is 3.00 bits per heavy atom.